The highest BCUT2D eigenvalue weighted by Crippen LogP contribution is 2.29. The van der Waals surface area contributed by atoms with Gasteiger partial charge in [-0.1, -0.05) is 0 Å². The van der Waals surface area contributed by atoms with Crippen molar-refractivity contribution in [2.24, 2.45) is 5.92 Å². The molecule has 3 rings (SSSR count). The molecule has 1 heterocycles. The van der Waals surface area contributed by atoms with Crippen molar-refractivity contribution in [3.63, 3.8) is 0 Å². The second-order valence-corrected chi connectivity index (χ2v) is 5.42. The van der Waals surface area contributed by atoms with Gasteiger partial charge in [-0.05, 0) is 42.8 Å². The largest absolute Gasteiger partial charge is 0.325 e. The molecule has 1 aliphatic heterocycles. The summed E-state index contributed by atoms with van der Waals surface area (Å²) in [4.78, 5) is 25.7. The summed E-state index contributed by atoms with van der Waals surface area (Å²) in [5, 5.41) is 2.52. The summed E-state index contributed by atoms with van der Waals surface area (Å²) < 4.78 is 40.0. The van der Waals surface area contributed by atoms with Crippen LogP contribution in [-0.4, -0.2) is 18.4 Å². The van der Waals surface area contributed by atoms with Crippen molar-refractivity contribution in [3.05, 3.63) is 59.9 Å². The summed E-state index contributed by atoms with van der Waals surface area (Å²) in [5.74, 6) is -4.01. The zero-order valence-corrected chi connectivity index (χ0v) is 12.4. The Morgan fingerprint density at radius 1 is 1.04 bits per heavy atom. The lowest BCUT2D eigenvalue weighted by atomic mass is 10.1. The first kappa shape index (κ1) is 16.0. The minimum Gasteiger partial charge on any atom is -0.325 e. The highest BCUT2D eigenvalue weighted by Gasteiger charge is 2.38. The van der Waals surface area contributed by atoms with E-state index in [1.165, 1.54) is 24.3 Å². The number of anilines is 2. The molecular formula is C17H13F3N2O2. The van der Waals surface area contributed by atoms with Crippen molar-refractivity contribution in [1.29, 1.82) is 0 Å². The van der Waals surface area contributed by atoms with Crippen LogP contribution in [0.25, 0.3) is 0 Å². The number of nitrogens with one attached hydrogen (secondary N) is 1. The van der Waals surface area contributed by atoms with E-state index >= 15 is 0 Å². The van der Waals surface area contributed by atoms with E-state index in [4.69, 9.17) is 0 Å². The van der Waals surface area contributed by atoms with Crippen LogP contribution in [0.15, 0.2) is 42.5 Å². The van der Waals surface area contributed by atoms with E-state index in [9.17, 15) is 22.8 Å². The normalized spacial score (nSPS) is 17.2. The monoisotopic (exact) mass is 334 g/mol. The first-order valence-electron chi connectivity index (χ1n) is 7.28. The van der Waals surface area contributed by atoms with Gasteiger partial charge in [0.25, 0.3) is 0 Å². The van der Waals surface area contributed by atoms with E-state index in [1.54, 1.807) is 0 Å². The van der Waals surface area contributed by atoms with Crippen LogP contribution in [0.4, 0.5) is 24.5 Å². The molecule has 1 saturated heterocycles. The maximum Gasteiger partial charge on any atom is 0.239 e. The molecule has 2 aromatic carbocycles. The summed E-state index contributed by atoms with van der Waals surface area (Å²) in [6.07, 6.45) is 0.182. The molecule has 124 valence electrons. The molecule has 1 unspecified atom stereocenters. The Morgan fingerprint density at radius 3 is 2.42 bits per heavy atom. The Labute approximate surface area is 135 Å². The minimum absolute atomic E-state index is 0.112. The zero-order chi connectivity index (χ0) is 17.3. The number of nitrogens with zero attached hydrogens (tertiary/aromatic N) is 1. The first-order chi connectivity index (χ1) is 11.5. The number of hydrogen-bond donors (Lipinski definition) is 1. The molecule has 0 radical (unpaired) electrons. The number of benzene rings is 2. The van der Waals surface area contributed by atoms with E-state index in [-0.39, 0.29) is 18.7 Å². The van der Waals surface area contributed by atoms with Crippen molar-refractivity contribution in [2.45, 2.75) is 6.42 Å². The fraction of sp³-hybridized carbons (Fsp3) is 0.176. The average molecular weight is 334 g/mol. The van der Waals surface area contributed by atoms with Gasteiger partial charge in [0.15, 0.2) is 0 Å². The molecule has 0 aromatic heterocycles. The molecule has 0 spiro atoms. The predicted octanol–water partition coefficient (Wildman–Crippen LogP) is 3.10. The summed E-state index contributed by atoms with van der Waals surface area (Å²) in [6.45, 7) is 0.112. The lowest BCUT2D eigenvalue weighted by Gasteiger charge is -2.17. The fourth-order valence-electron chi connectivity index (χ4n) is 2.62. The highest BCUT2D eigenvalue weighted by atomic mass is 19.1. The minimum atomic E-state index is -1.00. The summed E-state index contributed by atoms with van der Waals surface area (Å²) in [6, 6.07) is 7.92. The van der Waals surface area contributed by atoms with Gasteiger partial charge in [0.05, 0.1) is 5.69 Å². The third kappa shape index (κ3) is 3.10. The van der Waals surface area contributed by atoms with Crippen LogP contribution in [0.2, 0.25) is 0 Å². The first-order valence-corrected chi connectivity index (χ1v) is 7.28. The van der Waals surface area contributed by atoms with E-state index in [1.807, 2.05) is 0 Å². The van der Waals surface area contributed by atoms with Crippen molar-refractivity contribution >= 4 is 23.2 Å². The molecule has 0 saturated carbocycles. The van der Waals surface area contributed by atoms with Gasteiger partial charge < -0.3 is 10.2 Å². The smallest absolute Gasteiger partial charge is 0.239 e. The van der Waals surface area contributed by atoms with E-state index in [0.29, 0.717) is 5.69 Å². The maximum absolute atomic E-state index is 13.8. The van der Waals surface area contributed by atoms with Crippen LogP contribution in [0, 0.1) is 23.4 Å². The average Bonchev–Trinajstić information content (AvgIpc) is 2.93. The van der Waals surface area contributed by atoms with Crippen molar-refractivity contribution < 1.29 is 22.8 Å². The van der Waals surface area contributed by atoms with Crippen molar-refractivity contribution in [1.82, 2.24) is 0 Å². The van der Waals surface area contributed by atoms with Crippen LogP contribution in [0.3, 0.4) is 0 Å². The molecule has 24 heavy (non-hydrogen) atoms. The van der Waals surface area contributed by atoms with Crippen LogP contribution < -0.4 is 10.2 Å². The van der Waals surface area contributed by atoms with Crippen LogP contribution in [-0.2, 0) is 9.59 Å². The molecule has 2 aromatic rings. The number of carbonyl (C=O) groups excluding carboxylic acids is 2. The lowest BCUT2D eigenvalue weighted by molar-refractivity contribution is -0.129. The Hall–Kier alpha value is -2.83. The molecule has 1 fully saturated rings. The standard InChI is InChI=1S/C17H13F3N2O2/c18-10-1-4-12(5-2-10)21-16(23)13-7-8-22(17(13)24)15-9-11(19)3-6-14(15)20/h1-6,9,13H,7-8H2,(H,21,23). The summed E-state index contributed by atoms with van der Waals surface area (Å²) >= 11 is 0. The third-order valence-electron chi connectivity index (χ3n) is 3.83. The maximum atomic E-state index is 13.8. The lowest BCUT2D eigenvalue weighted by Crippen LogP contribution is -2.33. The number of hydrogen-bond acceptors (Lipinski definition) is 2. The Morgan fingerprint density at radius 2 is 1.71 bits per heavy atom. The third-order valence-corrected chi connectivity index (χ3v) is 3.83. The molecule has 2 amide bonds. The number of halogens is 3. The second kappa shape index (κ2) is 6.35. The molecule has 1 aliphatic rings. The molecule has 1 atom stereocenters. The van der Waals surface area contributed by atoms with Crippen LogP contribution in [0.1, 0.15) is 6.42 Å². The second-order valence-electron chi connectivity index (χ2n) is 5.42. The van der Waals surface area contributed by atoms with Crippen molar-refractivity contribution in [2.75, 3.05) is 16.8 Å². The molecule has 7 heteroatoms. The van der Waals surface area contributed by atoms with Gasteiger partial charge in [-0.15, -0.1) is 0 Å². The van der Waals surface area contributed by atoms with Crippen LogP contribution >= 0.6 is 0 Å². The SMILES string of the molecule is O=C(Nc1ccc(F)cc1)C1CCN(c2cc(F)ccc2F)C1=O. The highest BCUT2D eigenvalue weighted by molar-refractivity contribution is 6.13. The van der Waals surface area contributed by atoms with Gasteiger partial charge in [-0.2, -0.15) is 0 Å². The zero-order valence-electron chi connectivity index (χ0n) is 12.4. The Bertz CT molecular complexity index is 793. The predicted molar refractivity (Wildman–Crippen MR) is 81.8 cm³/mol. The number of rotatable bonds is 3. The van der Waals surface area contributed by atoms with E-state index < -0.39 is 35.2 Å². The molecule has 0 aliphatic carbocycles. The van der Waals surface area contributed by atoms with Gasteiger partial charge in [0.2, 0.25) is 11.8 Å². The quantitative estimate of drug-likeness (QED) is 0.877. The van der Waals surface area contributed by atoms with Gasteiger partial charge >= 0.3 is 0 Å². The molecule has 4 nitrogen and oxygen atoms in total. The molecule has 0 bridgehead atoms. The topological polar surface area (TPSA) is 49.4 Å². The fourth-order valence-corrected chi connectivity index (χ4v) is 2.62. The van der Waals surface area contributed by atoms with Crippen molar-refractivity contribution in [3.8, 4) is 0 Å². The Kier molecular flexibility index (Phi) is 4.24. The van der Waals surface area contributed by atoms with Crippen LogP contribution in [0.5, 0.6) is 0 Å². The van der Waals surface area contributed by atoms with Gasteiger partial charge in [-0.25, -0.2) is 13.2 Å². The number of amides is 2. The van der Waals surface area contributed by atoms with E-state index in [0.717, 1.165) is 23.1 Å². The van der Waals surface area contributed by atoms with Gasteiger partial charge in [0, 0.05) is 18.3 Å². The molecular weight excluding hydrogens is 321 g/mol. The molecule has 1 N–H and O–H groups in total. The number of carbonyl (C=O) groups is 2. The van der Waals surface area contributed by atoms with E-state index in [2.05, 4.69) is 5.32 Å². The summed E-state index contributed by atoms with van der Waals surface area (Å²) in [7, 11) is 0. The Balaban J connectivity index is 1.74. The summed E-state index contributed by atoms with van der Waals surface area (Å²) in [5.41, 5.74) is 0.168. The van der Waals surface area contributed by atoms with Gasteiger partial charge in [0.1, 0.15) is 23.4 Å². The van der Waals surface area contributed by atoms with Gasteiger partial charge in [-0.3, -0.25) is 9.59 Å².